The maximum atomic E-state index is 13.0. The van der Waals surface area contributed by atoms with E-state index in [4.69, 9.17) is 4.74 Å². The molecular formula is C23H22N2O3S. The summed E-state index contributed by atoms with van der Waals surface area (Å²) < 4.78 is 4.76. The summed E-state index contributed by atoms with van der Waals surface area (Å²) in [6.45, 7) is 0.244. The molecule has 0 saturated heterocycles. The van der Waals surface area contributed by atoms with Gasteiger partial charge in [-0.05, 0) is 41.5 Å². The van der Waals surface area contributed by atoms with E-state index in [0.29, 0.717) is 12.1 Å². The highest BCUT2D eigenvalue weighted by molar-refractivity contribution is 7.98. The molecule has 1 amide bonds. The Hall–Kier alpha value is -3.12. The summed E-state index contributed by atoms with van der Waals surface area (Å²) in [7, 11) is 1.32. The Bertz CT molecular complexity index is 931. The van der Waals surface area contributed by atoms with E-state index in [2.05, 4.69) is 4.98 Å². The van der Waals surface area contributed by atoms with Crippen LogP contribution < -0.4 is 0 Å². The predicted octanol–water partition coefficient (Wildman–Crippen LogP) is 4.19. The molecule has 3 rings (SSSR count). The van der Waals surface area contributed by atoms with Crippen LogP contribution in [0, 0.1) is 0 Å². The lowest BCUT2D eigenvalue weighted by Gasteiger charge is -2.22. The first-order valence-corrected chi connectivity index (χ1v) is 10.2. The minimum absolute atomic E-state index is 0.0955. The molecule has 0 fully saturated rings. The van der Waals surface area contributed by atoms with Gasteiger partial charge in [-0.15, -0.1) is 11.8 Å². The first-order valence-electron chi connectivity index (χ1n) is 9.17. The monoisotopic (exact) mass is 406 g/mol. The summed E-state index contributed by atoms with van der Waals surface area (Å²) in [5.41, 5.74) is 2.63. The van der Waals surface area contributed by atoms with Gasteiger partial charge < -0.3 is 9.64 Å². The summed E-state index contributed by atoms with van der Waals surface area (Å²) >= 11 is 1.68. The largest absolute Gasteiger partial charge is 0.468 e. The molecule has 0 spiro atoms. The van der Waals surface area contributed by atoms with Crippen molar-refractivity contribution in [2.24, 2.45) is 0 Å². The van der Waals surface area contributed by atoms with Crippen LogP contribution in [0.3, 0.4) is 0 Å². The third kappa shape index (κ3) is 6.19. The number of carbonyl (C=O) groups is 2. The van der Waals surface area contributed by atoms with Gasteiger partial charge in [-0.1, -0.05) is 36.4 Å². The SMILES string of the molecule is COC(=O)CN(Cc1ccccc1)C(=O)c1ccc(SCc2cccnc2)cc1. The molecule has 0 radical (unpaired) electrons. The Morgan fingerprint density at radius 2 is 1.69 bits per heavy atom. The van der Waals surface area contributed by atoms with E-state index >= 15 is 0 Å². The van der Waals surface area contributed by atoms with E-state index in [9.17, 15) is 9.59 Å². The highest BCUT2D eigenvalue weighted by Gasteiger charge is 2.19. The number of aromatic nitrogens is 1. The third-order valence-electron chi connectivity index (χ3n) is 4.28. The van der Waals surface area contributed by atoms with Crippen LogP contribution in [0.25, 0.3) is 0 Å². The van der Waals surface area contributed by atoms with E-state index in [1.807, 2.05) is 60.8 Å². The summed E-state index contributed by atoms with van der Waals surface area (Å²) in [5.74, 6) is 0.157. The lowest BCUT2D eigenvalue weighted by Crippen LogP contribution is -2.35. The fraction of sp³-hybridized carbons (Fsp3) is 0.174. The van der Waals surface area contributed by atoms with E-state index in [-0.39, 0.29) is 12.5 Å². The van der Waals surface area contributed by atoms with E-state index in [1.54, 1.807) is 30.1 Å². The summed E-state index contributed by atoms with van der Waals surface area (Å²) in [5, 5.41) is 0. The zero-order valence-electron chi connectivity index (χ0n) is 16.2. The number of thioether (sulfide) groups is 1. The Kier molecular flexibility index (Phi) is 7.41. The lowest BCUT2D eigenvalue weighted by atomic mass is 10.1. The minimum Gasteiger partial charge on any atom is -0.468 e. The highest BCUT2D eigenvalue weighted by Crippen LogP contribution is 2.23. The Morgan fingerprint density at radius 3 is 2.34 bits per heavy atom. The lowest BCUT2D eigenvalue weighted by molar-refractivity contribution is -0.141. The molecule has 0 N–H and O–H groups in total. The molecule has 0 unspecified atom stereocenters. The van der Waals surface area contributed by atoms with Crippen molar-refractivity contribution in [1.29, 1.82) is 0 Å². The number of amides is 1. The summed E-state index contributed by atoms with van der Waals surface area (Å²) in [6.07, 6.45) is 3.60. The molecule has 0 bridgehead atoms. The average Bonchev–Trinajstić information content (AvgIpc) is 2.78. The van der Waals surface area contributed by atoms with Gasteiger partial charge >= 0.3 is 5.97 Å². The first kappa shape index (κ1) is 20.6. The number of ether oxygens (including phenoxy) is 1. The van der Waals surface area contributed by atoms with Crippen LogP contribution in [-0.4, -0.2) is 35.4 Å². The maximum absolute atomic E-state index is 13.0. The fourth-order valence-electron chi connectivity index (χ4n) is 2.75. The minimum atomic E-state index is -0.446. The first-order chi connectivity index (χ1) is 14.2. The van der Waals surface area contributed by atoms with Crippen molar-refractivity contribution in [1.82, 2.24) is 9.88 Å². The number of nitrogens with zero attached hydrogens (tertiary/aromatic N) is 2. The van der Waals surface area contributed by atoms with E-state index < -0.39 is 5.97 Å². The molecule has 1 heterocycles. The van der Waals surface area contributed by atoms with Gasteiger partial charge in [0.1, 0.15) is 6.54 Å². The number of pyridine rings is 1. The molecular weight excluding hydrogens is 384 g/mol. The molecule has 0 aliphatic rings. The van der Waals surface area contributed by atoms with Gasteiger partial charge in [0.25, 0.3) is 5.91 Å². The zero-order valence-corrected chi connectivity index (χ0v) is 17.0. The van der Waals surface area contributed by atoms with Crippen molar-refractivity contribution in [3.05, 3.63) is 95.8 Å². The van der Waals surface area contributed by atoms with Crippen molar-refractivity contribution in [3.63, 3.8) is 0 Å². The van der Waals surface area contributed by atoms with Crippen LogP contribution in [0.4, 0.5) is 0 Å². The van der Waals surface area contributed by atoms with Crippen molar-refractivity contribution in [2.75, 3.05) is 13.7 Å². The number of methoxy groups -OCH3 is 1. The van der Waals surface area contributed by atoms with Gasteiger partial charge in [0, 0.05) is 35.2 Å². The predicted molar refractivity (Wildman–Crippen MR) is 113 cm³/mol. The Labute approximate surface area is 174 Å². The van der Waals surface area contributed by atoms with Gasteiger partial charge in [0.2, 0.25) is 0 Å². The quantitative estimate of drug-likeness (QED) is 0.415. The van der Waals surface area contributed by atoms with Crippen LogP contribution >= 0.6 is 11.8 Å². The molecule has 0 atom stereocenters. The molecule has 0 aliphatic heterocycles. The number of carbonyl (C=O) groups excluding carboxylic acids is 2. The second kappa shape index (κ2) is 10.4. The average molecular weight is 407 g/mol. The number of rotatable bonds is 8. The number of esters is 1. The number of hydrogen-bond donors (Lipinski definition) is 0. The zero-order chi connectivity index (χ0) is 20.5. The molecule has 3 aromatic rings. The van der Waals surface area contributed by atoms with Crippen LogP contribution in [0.2, 0.25) is 0 Å². The summed E-state index contributed by atoms with van der Waals surface area (Å²) in [6, 6.07) is 21.0. The van der Waals surface area contributed by atoms with Crippen molar-refractivity contribution in [3.8, 4) is 0 Å². The molecule has 148 valence electrons. The smallest absolute Gasteiger partial charge is 0.325 e. The van der Waals surface area contributed by atoms with Crippen molar-refractivity contribution < 1.29 is 14.3 Å². The molecule has 6 heteroatoms. The van der Waals surface area contributed by atoms with Crippen LogP contribution in [0.5, 0.6) is 0 Å². The van der Waals surface area contributed by atoms with Crippen LogP contribution in [-0.2, 0) is 21.8 Å². The van der Waals surface area contributed by atoms with Gasteiger partial charge in [0.15, 0.2) is 0 Å². The van der Waals surface area contributed by atoms with Gasteiger partial charge in [-0.25, -0.2) is 0 Å². The van der Waals surface area contributed by atoms with Crippen molar-refractivity contribution in [2.45, 2.75) is 17.2 Å². The van der Waals surface area contributed by atoms with Gasteiger partial charge in [0.05, 0.1) is 7.11 Å². The second-order valence-electron chi connectivity index (χ2n) is 6.40. The van der Waals surface area contributed by atoms with E-state index in [1.165, 1.54) is 12.0 Å². The van der Waals surface area contributed by atoms with Crippen molar-refractivity contribution >= 4 is 23.6 Å². The molecule has 0 aliphatic carbocycles. The Balaban J connectivity index is 1.68. The molecule has 0 saturated carbocycles. The van der Waals surface area contributed by atoms with Gasteiger partial charge in [-0.3, -0.25) is 14.6 Å². The number of hydrogen-bond acceptors (Lipinski definition) is 5. The van der Waals surface area contributed by atoms with Crippen LogP contribution in [0.1, 0.15) is 21.5 Å². The second-order valence-corrected chi connectivity index (χ2v) is 7.45. The summed E-state index contributed by atoms with van der Waals surface area (Å²) in [4.78, 5) is 31.5. The van der Waals surface area contributed by atoms with Crippen LogP contribution in [0.15, 0.2) is 84.0 Å². The third-order valence-corrected chi connectivity index (χ3v) is 5.36. The maximum Gasteiger partial charge on any atom is 0.325 e. The van der Waals surface area contributed by atoms with Gasteiger partial charge in [-0.2, -0.15) is 0 Å². The molecule has 2 aromatic carbocycles. The number of benzene rings is 2. The molecule has 5 nitrogen and oxygen atoms in total. The fourth-order valence-corrected chi connectivity index (χ4v) is 3.58. The molecule has 1 aromatic heterocycles. The Morgan fingerprint density at radius 1 is 0.966 bits per heavy atom. The normalized spacial score (nSPS) is 10.4. The molecule has 29 heavy (non-hydrogen) atoms. The topological polar surface area (TPSA) is 59.5 Å². The standard InChI is InChI=1S/C23H22N2O3S/c1-28-22(26)16-25(15-18-6-3-2-4-7-18)23(27)20-9-11-21(12-10-20)29-17-19-8-5-13-24-14-19/h2-14H,15-17H2,1H3. The van der Waals surface area contributed by atoms with E-state index in [0.717, 1.165) is 21.8 Å². The highest BCUT2D eigenvalue weighted by atomic mass is 32.2.